The molecule has 144 valence electrons. The van der Waals surface area contributed by atoms with Crippen molar-refractivity contribution in [1.82, 2.24) is 25.7 Å². The fourth-order valence-electron chi connectivity index (χ4n) is 2.55. The molecule has 4 amide bonds. The fourth-order valence-corrected chi connectivity index (χ4v) is 2.91. The van der Waals surface area contributed by atoms with Gasteiger partial charge in [0.05, 0.1) is 11.1 Å². The molecule has 1 aromatic heterocycles. The Hall–Kier alpha value is -3.34. The maximum absolute atomic E-state index is 12.3. The average Bonchev–Trinajstić information content (AvgIpc) is 2.90. The summed E-state index contributed by atoms with van der Waals surface area (Å²) in [6, 6.07) is 7.15. The van der Waals surface area contributed by atoms with E-state index in [1.54, 1.807) is 6.07 Å². The number of carbonyl (C=O) groups is 4. The summed E-state index contributed by atoms with van der Waals surface area (Å²) < 4.78 is 0.659. The van der Waals surface area contributed by atoms with E-state index in [9.17, 15) is 24.0 Å². The minimum atomic E-state index is -0.537. The number of aromatic nitrogens is 2. The summed E-state index contributed by atoms with van der Waals surface area (Å²) in [4.78, 5) is 60.2. The molecule has 28 heavy (non-hydrogen) atoms. The van der Waals surface area contributed by atoms with Crippen molar-refractivity contribution in [2.24, 2.45) is 0 Å². The second-order valence-electron chi connectivity index (χ2n) is 5.80. The highest BCUT2D eigenvalue weighted by molar-refractivity contribution is 9.10. The lowest BCUT2D eigenvalue weighted by Crippen LogP contribution is -2.42. The van der Waals surface area contributed by atoms with Crippen LogP contribution in [-0.4, -0.2) is 58.4 Å². The molecule has 2 heterocycles. The molecule has 0 fully saturated rings. The number of H-pyrrole nitrogens is 1. The van der Waals surface area contributed by atoms with E-state index in [0.29, 0.717) is 4.47 Å². The van der Waals surface area contributed by atoms with Crippen LogP contribution in [0.1, 0.15) is 31.2 Å². The zero-order chi connectivity index (χ0) is 20.3. The zero-order valence-electron chi connectivity index (χ0n) is 14.3. The van der Waals surface area contributed by atoms with Gasteiger partial charge in [0.2, 0.25) is 5.91 Å². The monoisotopic (exact) mass is 447 g/mol. The van der Waals surface area contributed by atoms with E-state index in [-0.39, 0.29) is 29.9 Å². The van der Waals surface area contributed by atoms with Crippen LogP contribution in [0.5, 0.6) is 0 Å². The molecular formula is C17H14BrN5O5. The third kappa shape index (κ3) is 4.14. The largest absolute Gasteiger partial charge is 0.353 e. The second-order valence-corrected chi connectivity index (χ2v) is 6.71. The van der Waals surface area contributed by atoms with E-state index in [1.165, 1.54) is 24.3 Å². The number of halogens is 1. The van der Waals surface area contributed by atoms with Gasteiger partial charge in [0.1, 0.15) is 12.2 Å². The molecule has 0 atom stereocenters. The molecule has 3 rings (SSSR count). The van der Waals surface area contributed by atoms with Crippen LogP contribution >= 0.6 is 15.9 Å². The van der Waals surface area contributed by atoms with Gasteiger partial charge in [-0.1, -0.05) is 15.9 Å². The van der Waals surface area contributed by atoms with E-state index in [0.717, 1.165) is 4.90 Å². The number of nitrogens with one attached hydrogen (secondary N) is 3. The van der Waals surface area contributed by atoms with Crippen molar-refractivity contribution in [2.75, 3.05) is 19.6 Å². The maximum atomic E-state index is 12.3. The van der Waals surface area contributed by atoms with E-state index >= 15 is 0 Å². The minimum Gasteiger partial charge on any atom is -0.353 e. The van der Waals surface area contributed by atoms with Crippen LogP contribution in [0.4, 0.5) is 0 Å². The number of rotatable bonds is 6. The summed E-state index contributed by atoms with van der Waals surface area (Å²) in [6.07, 6.45) is 0. The molecule has 0 unspecified atom stereocenters. The van der Waals surface area contributed by atoms with E-state index in [2.05, 4.69) is 36.8 Å². The molecule has 1 aromatic carbocycles. The first-order valence-corrected chi connectivity index (χ1v) is 8.92. The Labute approximate surface area is 166 Å². The van der Waals surface area contributed by atoms with Gasteiger partial charge in [-0.15, -0.1) is 0 Å². The lowest BCUT2D eigenvalue weighted by atomic mass is 10.1. The fraction of sp³-hybridized carbons (Fsp3) is 0.176. The highest BCUT2D eigenvalue weighted by Crippen LogP contribution is 2.25. The highest BCUT2D eigenvalue weighted by Gasteiger charge is 2.36. The third-order valence-electron chi connectivity index (χ3n) is 3.88. The average molecular weight is 448 g/mol. The number of hydrogen-bond donors (Lipinski definition) is 3. The number of amides is 4. The normalized spacial score (nSPS) is 12.7. The van der Waals surface area contributed by atoms with Crippen LogP contribution in [0.2, 0.25) is 0 Å². The number of carbonyl (C=O) groups excluding carboxylic acids is 4. The van der Waals surface area contributed by atoms with Gasteiger partial charge in [0.15, 0.2) is 0 Å². The van der Waals surface area contributed by atoms with Crippen LogP contribution in [-0.2, 0) is 4.79 Å². The standard InChI is InChI=1S/C17H14BrN5O5/c18-9-1-2-10-11(7-9)17(28)23(16(10)27)8-14(25)19-5-6-20-15(26)12-3-4-13(24)22-21-12/h1-4,7H,5-6,8H2,(H,19,25)(H,20,26)(H,22,24). The van der Waals surface area contributed by atoms with Crippen LogP contribution in [0.3, 0.4) is 0 Å². The second kappa shape index (κ2) is 8.13. The van der Waals surface area contributed by atoms with Crippen LogP contribution in [0.25, 0.3) is 0 Å². The van der Waals surface area contributed by atoms with Crippen molar-refractivity contribution in [3.8, 4) is 0 Å². The van der Waals surface area contributed by atoms with Gasteiger partial charge < -0.3 is 10.6 Å². The number of benzene rings is 1. The molecule has 0 radical (unpaired) electrons. The predicted molar refractivity (Wildman–Crippen MR) is 99.7 cm³/mol. The SMILES string of the molecule is O=C(CN1C(=O)c2ccc(Br)cc2C1=O)NCCNC(=O)c1ccc(=O)[nH]n1. The van der Waals surface area contributed by atoms with Crippen molar-refractivity contribution in [3.63, 3.8) is 0 Å². The summed E-state index contributed by atoms with van der Waals surface area (Å²) in [5.74, 6) is -2.12. The highest BCUT2D eigenvalue weighted by atomic mass is 79.9. The van der Waals surface area contributed by atoms with E-state index in [4.69, 9.17) is 0 Å². The van der Waals surface area contributed by atoms with Crippen molar-refractivity contribution >= 4 is 39.6 Å². The number of imide groups is 1. The first-order valence-electron chi connectivity index (χ1n) is 8.13. The van der Waals surface area contributed by atoms with E-state index < -0.39 is 35.7 Å². The molecule has 0 aliphatic carbocycles. The van der Waals surface area contributed by atoms with Gasteiger partial charge in [0, 0.05) is 23.6 Å². The summed E-state index contributed by atoms with van der Waals surface area (Å²) >= 11 is 3.24. The lowest BCUT2D eigenvalue weighted by Gasteiger charge is -2.13. The number of fused-ring (bicyclic) bond motifs is 1. The first-order chi connectivity index (χ1) is 13.4. The molecule has 0 saturated heterocycles. The Morgan fingerprint density at radius 3 is 2.43 bits per heavy atom. The Balaban J connectivity index is 1.47. The van der Waals surface area contributed by atoms with Gasteiger partial charge in [-0.25, -0.2) is 5.10 Å². The quantitative estimate of drug-likeness (QED) is 0.409. The molecule has 1 aliphatic rings. The molecule has 10 nitrogen and oxygen atoms in total. The van der Waals surface area contributed by atoms with Crippen molar-refractivity contribution in [1.29, 1.82) is 0 Å². The van der Waals surface area contributed by atoms with Gasteiger partial charge in [-0.2, -0.15) is 5.10 Å². The Bertz CT molecular complexity index is 1010. The van der Waals surface area contributed by atoms with Crippen molar-refractivity contribution in [3.05, 3.63) is 62.0 Å². The van der Waals surface area contributed by atoms with Gasteiger partial charge in [-0.05, 0) is 24.3 Å². The van der Waals surface area contributed by atoms with Gasteiger partial charge in [-0.3, -0.25) is 28.9 Å². The van der Waals surface area contributed by atoms with Crippen LogP contribution < -0.4 is 16.2 Å². The van der Waals surface area contributed by atoms with Gasteiger partial charge >= 0.3 is 0 Å². The smallest absolute Gasteiger partial charge is 0.271 e. The lowest BCUT2D eigenvalue weighted by molar-refractivity contribution is -0.121. The summed E-state index contributed by atoms with van der Waals surface area (Å²) in [7, 11) is 0. The molecule has 0 saturated carbocycles. The van der Waals surface area contributed by atoms with E-state index in [1.807, 2.05) is 0 Å². The molecule has 1 aliphatic heterocycles. The summed E-state index contributed by atoms with van der Waals surface area (Å²) in [6.45, 7) is -0.234. The van der Waals surface area contributed by atoms with Gasteiger partial charge in [0.25, 0.3) is 23.3 Å². The van der Waals surface area contributed by atoms with Crippen molar-refractivity contribution in [2.45, 2.75) is 0 Å². The Kier molecular flexibility index (Phi) is 5.64. The minimum absolute atomic E-state index is 0.0307. The number of aromatic amines is 1. The molecule has 11 heteroatoms. The zero-order valence-corrected chi connectivity index (χ0v) is 15.9. The third-order valence-corrected chi connectivity index (χ3v) is 4.37. The molecule has 0 spiro atoms. The Morgan fingerprint density at radius 2 is 1.71 bits per heavy atom. The van der Waals surface area contributed by atoms with Crippen molar-refractivity contribution < 1.29 is 19.2 Å². The summed E-state index contributed by atoms with van der Waals surface area (Å²) in [5, 5.41) is 10.8. The number of hydrogen-bond acceptors (Lipinski definition) is 6. The molecule has 3 N–H and O–H groups in total. The molecular weight excluding hydrogens is 434 g/mol. The first kappa shape index (κ1) is 19.4. The summed E-state index contributed by atoms with van der Waals surface area (Å²) in [5.41, 5.74) is 0.0990. The van der Waals surface area contributed by atoms with Crippen LogP contribution in [0.15, 0.2) is 39.6 Å². The molecule has 0 bridgehead atoms. The molecule has 2 aromatic rings. The number of nitrogens with zero attached hydrogens (tertiary/aromatic N) is 2. The topological polar surface area (TPSA) is 141 Å². The van der Waals surface area contributed by atoms with Crippen LogP contribution in [0, 0.1) is 0 Å². The maximum Gasteiger partial charge on any atom is 0.271 e. The Morgan fingerprint density at radius 1 is 1.00 bits per heavy atom. The predicted octanol–water partition coefficient (Wildman–Crippen LogP) is -0.325.